The van der Waals surface area contributed by atoms with Crippen molar-refractivity contribution in [1.82, 2.24) is 5.32 Å². The Morgan fingerprint density at radius 1 is 1.25 bits per heavy atom. The van der Waals surface area contributed by atoms with Crippen LogP contribution in [0, 0.1) is 0 Å². The quantitative estimate of drug-likeness (QED) is 0.904. The van der Waals surface area contributed by atoms with Crippen molar-refractivity contribution in [3.05, 3.63) is 46.3 Å². The Hall–Kier alpha value is -1.57. The minimum Gasteiger partial charge on any atom is -0.355 e. The number of hydrogen-bond donors (Lipinski definition) is 2. The fourth-order valence-corrected chi connectivity index (χ4v) is 4.05. The Kier molecular flexibility index (Phi) is 4.32. The molecular formula is C12H11ClN2O3S2. The Balaban J connectivity index is 2.28. The smallest absolute Gasteiger partial charge is 0.271 e. The van der Waals surface area contributed by atoms with Crippen LogP contribution in [0.3, 0.4) is 0 Å². The van der Waals surface area contributed by atoms with E-state index in [4.69, 9.17) is 11.6 Å². The molecule has 1 heterocycles. The first-order valence-corrected chi connectivity index (χ1v) is 8.20. The number of amides is 1. The minimum atomic E-state index is -3.69. The van der Waals surface area contributed by atoms with E-state index in [1.807, 2.05) is 0 Å². The maximum Gasteiger partial charge on any atom is 0.271 e. The van der Waals surface area contributed by atoms with Gasteiger partial charge >= 0.3 is 0 Å². The summed E-state index contributed by atoms with van der Waals surface area (Å²) < 4.78 is 27.1. The van der Waals surface area contributed by atoms with Crippen molar-refractivity contribution >= 4 is 44.6 Å². The summed E-state index contributed by atoms with van der Waals surface area (Å²) in [5, 5.41) is 2.47. The molecule has 0 atom stereocenters. The van der Waals surface area contributed by atoms with Crippen LogP contribution in [0.25, 0.3) is 0 Å². The van der Waals surface area contributed by atoms with Gasteiger partial charge in [-0.1, -0.05) is 17.7 Å². The van der Waals surface area contributed by atoms with Gasteiger partial charge in [0.15, 0.2) is 0 Å². The number of sulfonamides is 1. The molecule has 8 heteroatoms. The second-order valence-corrected chi connectivity index (χ2v) is 7.45. The van der Waals surface area contributed by atoms with E-state index in [1.54, 1.807) is 18.2 Å². The van der Waals surface area contributed by atoms with Crippen molar-refractivity contribution < 1.29 is 13.2 Å². The number of rotatable bonds is 4. The summed E-state index contributed by atoms with van der Waals surface area (Å²) in [5.74, 6) is -0.287. The van der Waals surface area contributed by atoms with E-state index in [2.05, 4.69) is 10.0 Å². The number of thiophene rings is 1. The van der Waals surface area contributed by atoms with Crippen LogP contribution in [0.5, 0.6) is 0 Å². The molecule has 0 aliphatic rings. The third-order valence-electron chi connectivity index (χ3n) is 2.42. The van der Waals surface area contributed by atoms with Gasteiger partial charge in [-0.2, -0.15) is 0 Å². The van der Waals surface area contributed by atoms with Gasteiger partial charge in [0.1, 0.15) is 4.21 Å². The van der Waals surface area contributed by atoms with Gasteiger partial charge < -0.3 is 5.32 Å². The molecule has 0 fully saturated rings. The number of anilines is 1. The molecule has 2 N–H and O–H groups in total. The zero-order chi connectivity index (χ0) is 14.8. The van der Waals surface area contributed by atoms with E-state index >= 15 is 0 Å². The van der Waals surface area contributed by atoms with Crippen LogP contribution in [0.15, 0.2) is 40.6 Å². The van der Waals surface area contributed by atoms with Crippen LogP contribution in [0.1, 0.15) is 10.4 Å². The highest BCUT2D eigenvalue weighted by atomic mass is 35.5. The first kappa shape index (κ1) is 14.8. The van der Waals surface area contributed by atoms with Gasteiger partial charge in [-0.05, 0) is 30.3 Å². The fraction of sp³-hybridized carbons (Fsp3) is 0.0833. The zero-order valence-electron chi connectivity index (χ0n) is 10.4. The highest BCUT2D eigenvalue weighted by Crippen LogP contribution is 2.27. The van der Waals surface area contributed by atoms with E-state index in [9.17, 15) is 13.2 Å². The third kappa shape index (κ3) is 3.30. The Bertz CT molecular complexity index is 741. The van der Waals surface area contributed by atoms with Crippen molar-refractivity contribution in [2.75, 3.05) is 11.8 Å². The molecule has 1 aromatic carbocycles. The standard InChI is InChI=1S/C12H11ClN2O3S2/c1-14-12(16)8-3-2-4-9(7-8)15-20(17,18)11-6-5-10(13)19-11/h2-7,15H,1H3,(H,14,16). The minimum absolute atomic E-state index is 0.118. The van der Waals surface area contributed by atoms with Gasteiger partial charge in [0.05, 0.1) is 4.34 Å². The Labute approximate surface area is 125 Å². The molecule has 0 aliphatic heterocycles. The van der Waals surface area contributed by atoms with Crippen molar-refractivity contribution in [2.45, 2.75) is 4.21 Å². The van der Waals surface area contributed by atoms with Gasteiger partial charge in [-0.15, -0.1) is 11.3 Å². The SMILES string of the molecule is CNC(=O)c1cccc(NS(=O)(=O)c2ccc(Cl)s2)c1. The fourth-order valence-electron chi connectivity index (χ4n) is 1.52. The lowest BCUT2D eigenvalue weighted by molar-refractivity contribution is 0.0963. The summed E-state index contributed by atoms with van der Waals surface area (Å²) in [4.78, 5) is 11.5. The molecule has 0 saturated carbocycles. The topological polar surface area (TPSA) is 75.3 Å². The molecule has 0 aliphatic carbocycles. The van der Waals surface area contributed by atoms with Crippen LogP contribution < -0.4 is 10.0 Å². The molecule has 2 aromatic rings. The van der Waals surface area contributed by atoms with Crippen LogP contribution in [-0.4, -0.2) is 21.4 Å². The van der Waals surface area contributed by atoms with E-state index in [0.29, 0.717) is 15.6 Å². The molecule has 0 radical (unpaired) electrons. The highest BCUT2D eigenvalue weighted by Gasteiger charge is 2.17. The monoisotopic (exact) mass is 330 g/mol. The normalized spacial score (nSPS) is 11.1. The molecule has 2 rings (SSSR count). The summed E-state index contributed by atoms with van der Waals surface area (Å²) in [6.07, 6.45) is 0. The van der Waals surface area contributed by atoms with E-state index in [1.165, 1.54) is 25.2 Å². The lowest BCUT2D eigenvalue weighted by Gasteiger charge is -2.07. The van der Waals surface area contributed by atoms with Gasteiger partial charge in [-0.25, -0.2) is 8.42 Å². The molecular weight excluding hydrogens is 320 g/mol. The first-order chi connectivity index (χ1) is 9.42. The zero-order valence-corrected chi connectivity index (χ0v) is 12.8. The predicted molar refractivity (Wildman–Crippen MR) is 80.0 cm³/mol. The average Bonchev–Trinajstić information content (AvgIpc) is 2.85. The van der Waals surface area contributed by atoms with Crippen LogP contribution >= 0.6 is 22.9 Å². The average molecular weight is 331 g/mol. The number of carbonyl (C=O) groups is 1. The van der Waals surface area contributed by atoms with E-state index in [-0.39, 0.29) is 10.1 Å². The van der Waals surface area contributed by atoms with Gasteiger partial charge in [0.2, 0.25) is 0 Å². The predicted octanol–water partition coefficient (Wildman–Crippen LogP) is 2.56. The molecule has 5 nitrogen and oxygen atoms in total. The third-order valence-corrected chi connectivity index (χ3v) is 5.52. The Morgan fingerprint density at radius 3 is 2.60 bits per heavy atom. The van der Waals surface area contributed by atoms with Crippen molar-refractivity contribution in [3.63, 3.8) is 0 Å². The first-order valence-electron chi connectivity index (χ1n) is 5.52. The van der Waals surface area contributed by atoms with Crippen molar-refractivity contribution in [3.8, 4) is 0 Å². The number of halogens is 1. The molecule has 1 amide bonds. The largest absolute Gasteiger partial charge is 0.355 e. The molecule has 1 aromatic heterocycles. The molecule has 20 heavy (non-hydrogen) atoms. The number of carbonyl (C=O) groups excluding carboxylic acids is 1. The highest BCUT2D eigenvalue weighted by molar-refractivity contribution is 7.94. The summed E-state index contributed by atoms with van der Waals surface area (Å²) in [5.41, 5.74) is 0.688. The maximum atomic E-state index is 12.1. The lowest BCUT2D eigenvalue weighted by Crippen LogP contribution is -2.18. The second-order valence-electron chi connectivity index (χ2n) is 3.82. The summed E-state index contributed by atoms with van der Waals surface area (Å²) in [7, 11) is -2.18. The number of nitrogens with one attached hydrogen (secondary N) is 2. The van der Waals surface area contributed by atoms with Crippen LogP contribution in [0.2, 0.25) is 4.34 Å². The molecule has 0 saturated heterocycles. The number of benzene rings is 1. The van der Waals surface area contributed by atoms with Crippen molar-refractivity contribution in [2.24, 2.45) is 0 Å². The van der Waals surface area contributed by atoms with Crippen LogP contribution in [0.4, 0.5) is 5.69 Å². The van der Waals surface area contributed by atoms with Crippen molar-refractivity contribution in [1.29, 1.82) is 0 Å². The number of hydrogen-bond acceptors (Lipinski definition) is 4. The van der Waals surface area contributed by atoms with Gasteiger partial charge in [0, 0.05) is 18.3 Å². The summed E-state index contributed by atoms with van der Waals surface area (Å²) >= 11 is 6.69. The lowest BCUT2D eigenvalue weighted by atomic mass is 10.2. The Morgan fingerprint density at radius 2 is 2.00 bits per heavy atom. The van der Waals surface area contributed by atoms with E-state index in [0.717, 1.165) is 11.3 Å². The molecule has 0 spiro atoms. The molecule has 0 bridgehead atoms. The second kappa shape index (κ2) is 5.82. The van der Waals surface area contributed by atoms with Crippen LogP contribution in [-0.2, 0) is 10.0 Å². The van der Waals surface area contributed by atoms with Gasteiger partial charge in [-0.3, -0.25) is 9.52 Å². The molecule has 106 valence electrons. The summed E-state index contributed by atoms with van der Waals surface area (Å²) in [6, 6.07) is 9.17. The van der Waals surface area contributed by atoms with E-state index < -0.39 is 10.0 Å². The van der Waals surface area contributed by atoms with Gasteiger partial charge in [0.25, 0.3) is 15.9 Å². The maximum absolute atomic E-state index is 12.1. The molecule has 0 unspecified atom stereocenters. The summed E-state index contributed by atoms with van der Waals surface area (Å²) in [6.45, 7) is 0.